The zero-order valence-electron chi connectivity index (χ0n) is 19.3. The minimum atomic E-state index is -0.612. The SMILES string of the molecule is CC(C)CN(Cc1cc(Cl)c2c(c1)OCCCO2)C(=O)[C@H](C)CNCc1ccc(F)cc1F. The number of fused-ring (bicyclic) bond motifs is 1. The molecular formula is C25H31ClF2N2O3. The van der Waals surface area contributed by atoms with Gasteiger partial charge < -0.3 is 19.7 Å². The van der Waals surface area contributed by atoms with Gasteiger partial charge in [-0.25, -0.2) is 8.78 Å². The van der Waals surface area contributed by atoms with Crippen molar-refractivity contribution in [3.05, 3.63) is 58.1 Å². The molecule has 0 spiro atoms. The molecule has 0 saturated carbocycles. The highest BCUT2D eigenvalue weighted by atomic mass is 35.5. The molecule has 1 amide bonds. The molecule has 2 aromatic rings. The molecule has 5 nitrogen and oxygen atoms in total. The van der Waals surface area contributed by atoms with Gasteiger partial charge in [0.1, 0.15) is 11.6 Å². The molecule has 0 aliphatic carbocycles. The zero-order valence-corrected chi connectivity index (χ0v) is 20.1. The van der Waals surface area contributed by atoms with Crippen molar-refractivity contribution in [1.82, 2.24) is 10.2 Å². The molecule has 0 aromatic heterocycles. The Labute approximate surface area is 199 Å². The molecule has 1 aliphatic rings. The van der Waals surface area contributed by atoms with E-state index < -0.39 is 11.6 Å². The first kappa shape index (κ1) is 25.2. The fourth-order valence-electron chi connectivity index (χ4n) is 3.76. The smallest absolute Gasteiger partial charge is 0.226 e. The van der Waals surface area contributed by atoms with Gasteiger partial charge in [-0.1, -0.05) is 38.4 Å². The van der Waals surface area contributed by atoms with Crippen LogP contribution in [0.4, 0.5) is 8.78 Å². The number of hydrogen-bond donors (Lipinski definition) is 1. The van der Waals surface area contributed by atoms with E-state index in [1.165, 1.54) is 12.1 Å². The molecule has 8 heteroatoms. The lowest BCUT2D eigenvalue weighted by Crippen LogP contribution is -2.40. The van der Waals surface area contributed by atoms with Gasteiger partial charge in [-0.2, -0.15) is 0 Å². The quantitative estimate of drug-likeness (QED) is 0.536. The third-order valence-electron chi connectivity index (χ3n) is 5.34. The van der Waals surface area contributed by atoms with E-state index in [4.69, 9.17) is 21.1 Å². The molecular weight excluding hydrogens is 450 g/mol. The summed E-state index contributed by atoms with van der Waals surface area (Å²) in [5.74, 6) is -0.137. The summed E-state index contributed by atoms with van der Waals surface area (Å²) in [6, 6.07) is 7.18. The average Bonchev–Trinajstić information content (AvgIpc) is 3.00. The van der Waals surface area contributed by atoms with Crippen molar-refractivity contribution in [3.63, 3.8) is 0 Å². The van der Waals surface area contributed by atoms with Crippen LogP contribution in [-0.4, -0.2) is 37.1 Å². The number of amides is 1. The van der Waals surface area contributed by atoms with Crippen LogP contribution < -0.4 is 14.8 Å². The number of benzene rings is 2. The molecule has 0 bridgehead atoms. The summed E-state index contributed by atoms with van der Waals surface area (Å²) in [6.45, 7) is 8.62. The number of carbonyl (C=O) groups is 1. The highest BCUT2D eigenvalue weighted by Gasteiger charge is 2.23. The van der Waals surface area contributed by atoms with E-state index in [0.717, 1.165) is 18.1 Å². The molecule has 1 heterocycles. The van der Waals surface area contributed by atoms with Crippen molar-refractivity contribution in [3.8, 4) is 11.5 Å². The van der Waals surface area contributed by atoms with Gasteiger partial charge in [0.2, 0.25) is 5.91 Å². The Morgan fingerprint density at radius 3 is 2.64 bits per heavy atom. The van der Waals surface area contributed by atoms with Crippen LogP contribution in [0.1, 0.15) is 38.3 Å². The van der Waals surface area contributed by atoms with Gasteiger partial charge in [0.25, 0.3) is 0 Å². The van der Waals surface area contributed by atoms with Gasteiger partial charge >= 0.3 is 0 Å². The normalized spacial score (nSPS) is 14.2. The summed E-state index contributed by atoms with van der Waals surface area (Å²) in [5, 5.41) is 3.57. The summed E-state index contributed by atoms with van der Waals surface area (Å²) in [6.07, 6.45) is 0.782. The van der Waals surface area contributed by atoms with E-state index in [0.29, 0.717) is 54.9 Å². The van der Waals surface area contributed by atoms with Crippen LogP contribution in [0.2, 0.25) is 5.02 Å². The van der Waals surface area contributed by atoms with Gasteiger partial charge in [0, 0.05) is 50.1 Å². The second-order valence-corrected chi connectivity index (χ2v) is 9.24. The lowest BCUT2D eigenvalue weighted by atomic mass is 10.1. The Kier molecular flexibility index (Phi) is 8.92. The standard InChI is InChI=1S/C25H31ClF2N2O3/c1-16(2)14-30(15-18-9-21(26)24-23(10-18)32-7-4-8-33-24)25(31)17(3)12-29-13-19-5-6-20(27)11-22(19)28/h5-6,9-11,16-17,29H,4,7-8,12-15H2,1-3H3/t17-/m1/s1. The lowest BCUT2D eigenvalue weighted by Gasteiger charge is -2.28. The maximum atomic E-state index is 13.8. The van der Waals surface area contributed by atoms with E-state index in [1.54, 1.807) is 0 Å². The Hall–Kier alpha value is -2.38. The maximum absolute atomic E-state index is 13.8. The van der Waals surface area contributed by atoms with Crippen molar-refractivity contribution in [1.29, 1.82) is 0 Å². The van der Waals surface area contributed by atoms with Crippen LogP contribution in [0.15, 0.2) is 30.3 Å². The molecule has 1 N–H and O–H groups in total. The van der Waals surface area contributed by atoms with Gasteiger partial charge in [0.05, 0.1) is 18.2 Å². The first-order valence-electron chi connectivity index (χ1n) is 11.3. The van der Waals surface area contributed by atoms with Crippen LogP contribution >= 0.6 is 11.6 Å². The first-order valence-corrected chi connectivity index (χ1v) is 11.6. The molecule has 33 heavy (non-hydrogen) atoms. The molecule has 180 valence electrons. The summed E-state index contributed by atoms with van der Waals surface area (Å²) in [7, 11) is 0. The van der Waals surface area contributed by atoms with E-state index in [9.17, 15) is 13.6 Å². The second-order valence-electron chi connectivity index (χ2n) is 8.84. The minimum Gasteiger partial charge on any atom is -0.489 e. The summed E-state index contributed by atoms with van der Waals surface area (Å²) >= 11 is 6.43. The summed E-state index contributed by atoms with van der Waals surface area (Å²) in [5.41, 5.74) is 1.23. The van der Waals surface area contributed by atoms with Crippen molar-refractivity contribution in [2.45, 2.75) is 40.3 Å². The number of nitrogens with zero attached hydrogens (tertiary/aromatic N) is 1. The molecule has 0 fully saturated rings. The molecule has 0 radical (unpaired) electrons. The van der Waals surface area contributed by atoms with Gasteiger partial charge in [-0.15, -0.1) is 0 Å². The van der Waals surface area contributed by atoms with Crippen molar-refractivity contribution in [2.75, 3.05) is 26.3 Å². The van der Waals surface area contributed by atoms with Crippen LogP contribution in [0.5, 0.6) is 11.5 Å². The fraction of sp³-hybridized carbons (Fsp3) is 0.480. The van der Waals surface area contributed by atoms with Crippen molar-refractivity contribution < 1.29 is 23.0 Å². The van der Waals surface area contributed by atoms with Crippen molar-refractivity contribution >= 4 is 17.5 Å². The average molecular weight is 481 g/mol. The van der Waals surface area contributed by atoms with Crippen LogP contribution in [-0.2, 0) is 17.9 Å². The van der Waals surface area contributed by atoms with E-state index in [-0.39, 0.29) is 24.3 Å². The zero-order chi connectivity index (χ0) is 24.0. The van der Waals surface area contributed by atoms with Gasteiger partial charge in [0.15, 0.2) is 11.5 Å². The minimum absolute atomic E-state index is 0.0148. The largest absolute Gasteiger partial charge is 0.489 e. The van der Waals surface area contributed by atoms with Gasteiger partial charge in [-0.3, -0.25) is 4.79 Å². The first-order chi connectivity index (χ1) is 15.7. The number of nitrogens with one attached hydrogen (secondary N) is 1. The molecule has 1 atom stereocenters. The highest BCUT2D eigenvalue weighted by molar-refractivity contribution is 6.32. The number of halogens is 3. The Morgan fingerprint density at radius 2 is 1.91 bits per heavy atom. The highest BCUT2D eigenvalue weighted by Crippen LogP contribution is 2.38. The predicted molar refractivity (Wildman–Crippen MR) is 125 cm³/mol. The van der Waals surface area contributed by atoms with Crippen molar-refractivity contribution in [2.24, 2.45) is 11.8 Å². The molecule has 2 aromatic carbocycles. The van der Waals surface area contributed by atoms with Gasteiger partial charge in [-0.05, 0) is 29.7 Å². The fourth-order valence-corrected chi connectivity index (χ4v) is 4.04. The maximum Gasteiger partial charge on any atom is 0.226 e. The van der Waals surface area contributed by atoms with E-state index in [2.05, 4.69) is 19.2 Å². The predicted octanol–water partition coefficient (Wildman–Crippen LogP) is 5.19. The number of ether oxygens (including phenoxy) is 2. The second kappa shape index (κ2) is 11.7. The third-order valence-corrected chi connectivity index (χ3v) is 5.62. The van der Waals surface area contributed by atoms with Crippen LogP contribution in [0.3, 0.4) is 0 Å². The topological polar surface area (TPSA) is 50.8 Å². The van der Waals surface area contributed by atoms with E-state index >= 15 is 0 Å². The molecule has 0 unspecified atom stereocenters. The van der Waals surface area contributed by atoms with Crippen LogP contribution in [0.25, 0.3) is 0 Å². The Balaban J connectivity index is 1.65. The number of carbonyl (C=O) groups excluding carboxylic acids is 1. The Bertz CT molecular complexity index is 971. The number of rotatable bonds is 9. The molecule has 0 saturated heterocycles. The lowest BCUT2D eigenvalue weighted by molar-refractivity contribution is -0.136. The Morgan fingerprint density at radius 1 is 1.15 bits per heavy atom. The summed E-state index contributed by atoms with van der Waals surface area (Å²) in [4.78, 5) is 15.0. The number of hydrogen-bond acceptors (Lipinski definition) is 4. The van der Waals surface area contributed by atoms with E-state index in [1.807, 2.05) is 24.0 Å². The monoisotopic (exact) mass is 480 g/mol. The third kappa shape index (κ3) is 7.05. The summed E-state index contributed by atoms with van der Waals surface area (Å²) < 4.78 is 38.4. The molecule has 3 rings (SSSR count). The molecule has 1 aliphatic heterocycles. The van der Waals surface area contributed by atoms with Crippen LogP contribution in [0, 0.1) is 23.5 Å².